The van der Waals surface area contributed by atoms with Crippen LogP contribution in [-0.4, -0.2) is 5.11 Å². The zero-order chi connectivity index (χ0) is 16.6. The van der Waals surface area contributed by atoms with Crippen LogP contribution in [0.4, 0.5) is 13.2 Å². The smallest absolute Gasteiger partial charge is 0.381 e. The molecule has 1 unspecified atom stereocenters. The number of halogens is 3. The van der Waals surface area contributed by atoms with Crippen molar-refractivity contribution >= 4 is 0 Å². The number of hydrogen-bond acceptors (Lipinski definition) is 1. The predicted octanol–water partition coefficient (Wildman–Crippen LogP) is 3.96. The lowest BCUT2D eigenvalue weighted by molar-refractivity contribution is -0.137. The third-order valence-corrected chi connectivity index (χ3v) is 2.82. The van der Waals surface area contributed by atoms with Crippen LogP contribution in [0, 0.1) is 0 Å². The lowest BCUT2D eigenvalue weighted by Crippen LogP contribution is -2.22. The summed E-state index contributed by atoms with van der Waals surface area (Å²) >= 11 is 0. The van der Waals surface area contributed by atoms with E-state index in [0.29, 0.717) is 0 Å². The maximum atomic E-state index is 12.6. The van der Waals surface area contributed by atoms with Crippen molar-refractivity contribution in [3.8, 4) is 0 Å². The monoisotopic (exact) mass is 269 g/mol. The molecule has 0 aliphatic carbocycles. The Bertz CT molecular complexity index is 636. The van der Waals surface area contributed by atoms with Crippen molar-refractivity contribution in [2.75, 3.05) is 0 Å². The van der Waals surface area contributed by atoms with E-state index in [9.17, 15) is 18.3 Å². The first kappa shape index (κ1) is 10.0. The van der Waals surface area contributed by atoms with Crippen LogP contribution in [0.1, 0.15) is 27.7 Å². The minimum Gasteiger partial charge on any atom is -0.381 e. The van der Waals surface area contributed by atoms with E-state index in [2.05, 4.69) is 0 Å². The summed E-state index contributed by atoms with van der Waals surface area (Å²) in [5.41, 5.74) is -3.31. The van der Waals surface area contributed by atoms with Crippen molar-refractivity contribution in [3.05, 3.63) is 71.3 Å². The molecule has 0 heterocycles. The Balaban J connectivity index is 2.57. The third-order valence-electron chi connectivity index (χ3n) is 2.82. The quantitative estimate of drug-likeness (QED) is 0.875. The first-order valence-corrected chi connectivity index (χ1v) is 5.52. The van der Waals surface area contributed by atoms with Crippen LogP contribution in [0.5, 0.6) is 0 Å². The molecule has 0 aliphatic rings. The average molecular weight is 269 g/mol. The Hall–Kier alpha value is -1.81. The fourth-order valence-corrected chi connectivity index (χ4v) is 1.75. The van der Waals surface area contributed by atoms with Crippen molar-refractivity contribution in [2.24, 2.45) is 0 Å². The van der Waals surface area contributed by atoms with Crippen molar-refractivity contribution in [2.45, 2.75) is 18.6 Å². The van der Waals surface area contributed by atoms with Gasteiger partial charge < -0.3 is 5.11 Å². The van der Waals surface area contributed by atoms with E-state index >= 15 is 0 Å². The number of rotatable bonds is 2. The molecule has 19 heavy (non-hydrogen) atoms. The van der Waals surface area contributed by atoms with E-state index in [1.807, 2.05) is 0 Å². The Morgan fingerprint density at radius 3 is 1.79 bits per heavy atom. The van der Waals surface area contributed by atoms with Gasteiger partial charge in [-0.05, 0) is 30.1 Å². The van der Waals surface area contributed by atoms with Gasteiger partial charge in [0.1, 0.15) is 5.60 Å². The lowest BCUT2D eigenvalue weighted by atomic mass is 9.88. The highest BCUT2D eigenvalue weighted by Crippen LogP contribution is 2.33. The number of aliphatic hydroxyl groups is 1. The molecule has 0 saturated carbocycles. The predicted molar refractivity (Wildman–Crippen MR) is 66.6 cm³/mol. The van der Waals surface area contributed by atoms with Crippen molar-refractivity contribution in [1.29, 1.82) is 0 Å². The SMILES string of the molecule is [2H]C([2H])([2H])C(O)(c1ccccc1)c1ccc(C(F)(F)F)cc1. The molecular weight excluding hydrogens is 253 g/mol. The van der Waals surface area contributed by atoms with Gasteiger partial charge in [-0.2, -0.15) is 13.2 Å². The molecule has 2 aromatic carbocycles. The molecule has 4 heteroatoms. The first-order valence-electron chi connectivity index (χ1n) is 7.02. The Morgan fingerprint density at radius 1 is 0.842 bits per heavy atom. The molecule has 0 aliphatic heterocycles. The summed E-state index contributed by atoms with van der Waals surface area (Å²) in [5, 5.41) is 10.7. The van der Waals surface area contributed by atoms with Crippen LogP contribution in [0.15, 0.2) is 54.6 Å². The van der Waals surface area contributed by atoms with E-state index in [0.717, 1.165) is 24.3 Å². The molecule has 100 valence electrons. The van der Waals surface area contributed by atoms with Crippen LogP contribution in [0.2, 0.25) is 0 Å². The molecule has 0 aromatic heterocycles. The zero-order valence-corrected chi connectivity index (χ0v) is 9.78. The maximum Gasteiger partial charge on any atom is 0.416 e. The van der Waals surface area contributed by atoms with Crippen molar-refractivity contribution < 1.29 is 22.4 Å². The van der Waals surface area contributed by atoms with E-state index in [1.165, 1.54) is 12.1 Å². The van der Waals surface area contributed by atoms with E-state index in [4.69, 9.17) is 4.11 Å². The van der Waals surface area contributed by atoms with Crippen LogP contribution >= 0.6 is 0 Å². The normalized spacial score (nSPS) is 18.0. The van der Waals surface area contributed by atoms with Gasteiger partial charge in [0.25, 0.3) is 0 Å². The van der Waals surface area contributed by atoms with Gasteiger partial charge in [-0.1, -0.05) is 42.5 Å². The molecule has 1 nitrogen and oxygen atoms in total. The first-order chi connectivity index (χ1) is 10.1. The number of hydrogen-bond donors (Lipinski definition) is 1. The molecule has 0 amide bonds. The maximum absolute atomic E-state index is 12.6. The molecule has 1 atom stereocenters. The molecule has 0 radical (unpaired) electrons. The Morgan fingerprint density at radius 2 is 1.32 bits per heavy atom. The van der Waals surface area contributed by atoms with Gasteiger partial charge in [0.2, 0.25) is 0 Å². The second-order valence-corrected chi connectivity index (χ2v) is 4.15. The van der Waals surface area contributed by atoms with Crippen molar-refractivity contribution in [3.63, 3.8) is 0 Å². The van der Waals surface area contributed by atoms with Crippen molar-refractivity contribution in [1.82, 2.24) is 0 Å². The fraction of sp³-hybridized carbons (Fsp3) is 0.200. The number of benzene rings is 2. The molecule has 0 bridgehead atoms. The topological polar surface area (TPSA) is 20.2 Å². The second kappa shape index (κ2) is 4.70. The largest absolute Gasteiger partial charge is 0.416 e. The van der Waals surface area contributed by atoms with E-state index in [1.54, 1.807) is 18.2 Å². The molecular formula is C15H13F3O. The standard InChI is InChI=1S/C15H13F3O/c1-14(19,11-5-3-2-4-6-11)12-7-9-13(10-8-12)15(16,17)18/h2-10,19H,1H3/i1D3. The highest BCUT2D eigenvalue weighted by Gasteiger charge is 2.31. The van der Waals surface area contributed by atoms with Gasteiger partial charge in [0.15, 0.2) is 0 Å². The molecule has 1 N–H and O–H groups in total. The van der Waals surface area contributed by atoms with Crippen LogP contribution in [0.25, 0.3) is 0 Å². The highest BCUT2D eigenvalue weighted by molar-refractivity contribution is 5.36. The summed E-state index contributed by atoms with van der Waals surface area (Å²) in [6.07, 6.45) is -4.52. The fourth-order valence-electron chi connectivity index (χ4n) is 1.75. The Kier molecular flexibility index (Phi) is 2.48. The summed E-state index contributed by atoms with van der Waals surface area (Å²) in [7, 11) is 0. The molecule has 0 spiro atoms. The molecule has 2 rings (SSSR count). The summed E-state index contributed by atoms with van der Waals surface area (Å²) in [4.78, 5) is 0. The summed E-state index contributed by atoms with van der Waals surface area (Å²) < 4.78 is 60.6. The molecule has 2 aromatic rings. The summed E-state index contributed by atoms with van der Waals surface area (Å²) in [5.74, 6) is 0. The third kappa shape index (κ3) is 2.79. The van der Waals surface area contributed by atoms with Gasteiger partial charge >= 0.3 is 6.18 Å². The van der Waals surface area contributed by atoms with Gasteiger partial charge in [0.05, 0.1) is 5.56 Å². The van der Waals surface area contributed by atoms with Gasteiger partial charge in [-0.25, -0.2) is 0 Å². The van der Waals surface area contributed by atoms with Gasteiger partial charge in [0, 0.05) is 4.11 Å². The van der Waals surface area contributed by atoms with Gasteiger partial charge in [-0.3, -0.25) is 0 Å². The average Bonchev–Trinajstić information content (AvgIpc) is 2.45. The Labute approximate surface area is 113 Å². The van der Waals surface area contributed by atoms with Gasteiger partial charge in [-0.15, -0.1) is 0 Å². The van der Waals surface area contributed by atoms with Crippen LogP contribution in [0.3, 0.4) is 0 Å². The summed E-state index contributed by atoms with van der Waals surface area (Å²) in [6.45, 7) is -2.84. The summed E-state index contributed by atoms with van der Waals surface area (Å²) in [6, 6.07) is 11.1. The minimum atomic E-state index is -4.52. The van der Waals surface area contributed by atoms with Crippen LogP contribution in [-0.2, 0) is 11.8 Å². The van der Waals surface area contributed by atoms with E-state index < -0.39 is 24.2 Å². The minimum absolute atomic E-state index is 0.0924. The molecule has 0 saturated heterocycles. The van der Waals surface area contributed by atoms with E-state index in [-0.39, 0.29) is 11.1 Å². The zero-order valence-electron chi connectivity index (χ0n) is 12.8. The van der Waals surface area contributed by atoms with Crippen LogP contribution < -0.4 is 0 Å². The molecule has 0 fully saturated rings. The second-order valence-electron chi connectivity index (χ2n) is 4.15. The highest BCUT2D eigenvalue weighted by atomic mass is 19.4. The lowest BCUT2D eigenvalue weighted by Gasteiger charge is -2.24. The number of alkyl halides is 3.